The van der Waals surface area contributed by atoms with E-state index in [1.54, 1.807) is 0 Å². The number of aromatic nitrogens is 5. The second-order valence-corrected chi connectivity index (χ2v) is 14.5. The molecular weight excluding hydrogens is 695 g/mol. The van der Waals surface area contributed by atoms with E-state index >= 15 is 0 Å². The van der Waals surface area contributed by atoms with Crippen molar-refractivity contribution in [1.29, 1.82) is 0 Å². The molecule has 0 atom stereocenters. The summed E-state index contributed by atoms with van der Waals surface area (Å²) in [5, 5.41) is 4.88. The SMILES string of the molecule is Cc1nc(-c2ccccc2)nc(-c2ccc(-n3c4ccccc4c4cccc(-c5ccc6c(c5)c5ccccc5n6-c5cccc(-c6ccccc6)c5)c43)cc2)n1. The minimum absolute atomic E-state index is 0.662. The predicted molar refractivity (Wildman–Crippen MR) is 235 cm³/mol. The van der Waals surface area contributed by atoms with Crippen molar-refractivity contribution in [2.45, 2.75) is 6.92 Å². The van der Waals surface area contributed by atoms with Crippen LogP contribution in [0.3, 0.4) is 0 Å². The molecule has 0 radical (unpaired) electrons. The fourth-order valence-corrected chi connectivity index (χ4v) is 8.48. The van der Waals surface area contributed by atoms with E-state index in [4.69, 9.17) is 9.97 Å². The molecule has 3 heterocycles. The summed E-state index contributed by atoms with van der Waals surface area (Å²) in [5.41, 5.74) is 13.6. The quantitative estimate of drug-likeness (QED) is 0.171. The van der Waals surface area contributed by atoms with E-state index in [2.05, 4.69) is 178 Å². The Morgan fingerprint density at radius 1 is 0.333 bits per heavy atom. The molecule has 0 bridgehead atoms. The molecule has 0 aliphatic heterocycles. The Morgan fingerprint density at radius 2 is 0.877 bits per heavy atom. The van der Waals surface area contributed by atoms with Crippen LogP contribution >= 0.6 is 0 Å². The van der Waals surface area contributed by atoms with E-state index in [9.17, 15) is 0 Å². The van der Waals surface area contributed by atoms with Gasteiger partial charge in [0.05, 0.1) is 22.1 Å². The first-order valence-electron chi connectivity index (χ1n) is 19.3. The lowest BCUT2D eigenvalue weighted by molar-refractivity contribution is 0.991. The van der Waals surface area contributed by atoms with Crippen molar-refractivity contribution in [2.75, 3.05) is 0 Å². The van der Waals surface area contributed by atoms with E-state index in [0.29, 0.717) is 17.5 Å². The first-order chi connectivity index (χ1) is 28.2. The zero-order valence-corrected chi connectivity index (χ0v) is 31.2. The summed E-state index contributed by atoms with van der Waals surface area (Å²) < 4.78 is 4.80. The van der Waals surface area contributed by atoms with Crippen molar-refractivity contribution in [3.63, 3.8) is 0 Å². The van der Waals surface area contributed by atoms with Crippen LogP contribution in [-0.2, 0) is 0 Å². The lowest BCUT2D eigenvalue weighted by atomic mass is 9.99. The number of benzene rings is 8. The molecule has 0 saturated carbocycles. The van der Waals surface area contributed by atoms with E-state index in [-0.39, 0.29) is 0 Å². The summed E-state index contributed by atoms with van der Waals surface area (Å²) in [6.07, 6.45) is 0. The van der Waals surface area contributed by atoms with Crippen LogP contribution < -0.4 is 0 Å². The molecule has 5 nitrogen and oxygen atoms in total. The topological polar surface area (TPSA) is 48.5 Å². The number of aryl methyl sites for hydroxylation is 1. The molecule has 5 heteroatoms. The average molecular weight is 730 g/mol. The summed E-state index contributed by atoms with van der Waals surface area (Å²) in [7, 11) is 0. The second kappa shape index (κ2) is 13.3. The monoisotopic (exact) mass is 729 g/mol. The molecular formula is C52H35N5. The van der Waals surface area contributed by atoms with Gasteiger partial charge in [0.1, 0.15) is 5.82 Å². The largest absolute Gasteiger partial charge is 0.309 e. The highest BCUT2D eigenvalue weighted by molar-refractivity contribution is 6.15. The Balaban J connectivity index is 1.06. The normalized spacial score (nSPS) is 11.6. The fraction of sp³-hybridized carbons (Fsp3) is 0.0192. The van der Waals surface area contributed by atoms with Gasteiger partial charge in [0.2, 0.25) is 0 Å². The third-order valence-electron chi connectivity index (χ3n) is 11.1. The summed E-state index contributed by atoms with van der Waals surface area (Å²) in [6.45, 7) is 1.92. The minimum atomic E-state index is 0.662. The molecule has 268 valence electrons. The summed E-state index contributed by atoms with van der Waals surface area (Å²) in [4.78, 5) is 14.2. The van der Waals surface area contributed by atoms with Gasteiger partial charge in [0, 0.05) is 49.6 Å². The molecule has 3 aromatic heterocycles. The molecule has 0 N–H and O–H groups in total. The van der Waals surface area contributed by atoms with Gasteiger partial charge in [-0.3, -0.25) is 0 Å². The first kappa shape index (κ1) is 32.8. The van der Waals surface area contributed by atoms with Crippen LogP contribution in [0.15, 0.2) is 194 Å². The van der Waals surface area contributed by atoms with E-state index in [1.165, 1.54) is 60.3 Å². The van der Waals surface area contributed by atoms with Crippen molar-refractivity contribution in [3.8, 4) is 56.4 Å². The summed E-state index contributed by atoms with van der Waals surface area (Å²) in [6, 6.07) is 69.2. The van der Waals surface area contributed by atoms with Gasteiger partial charge in [-0.15, -0.1) is 0 Å². The van der Waals surface area contributed by atoms with Gasteiger partial charge in [-0.25, -0.2) is 15.0 Å². The molecule has 0 aliphatic carbocycles. The third kappa shape index (κ3) is 5.51. The van der Waals surface area contributed by atoms with Gasteiger partial charge in [0.15, 0.2) is 11.6 Å². The molecule has 0 unspecified atom stereocenters. The van der Waals surface area contributed by atoms with Gasteiger partial charge in [0.25, 0.3) is 0 Å². The van der Waals surface area contributed by atoms with Gasteiger partial charge in [-0.1, -0.05) is 133 Å². The van der Waals surface area contributed by atoms with Crippen molar-refractivity contribution in [3.05, 3.63) is 200 Å². The Hall–Kier alpha value is -7.63. The Bertz CT molecular complexity index is 3290. The zero-order chi connectivity index (χ0) is 37.9. The van der Waals surface area contributed by atoms with Gasteiger partial charge >= 0.3 is 0 Å². The van der Waals surface area contributed by atoms with Crippen molar-refractivity contribution in [2.24, 2.45) is 0 Å². The number of para-hydroxylation sites is 3. The number of hydrogen-bond acceptors (Lipinski definition) is 3. The maximum atomic E-state index is 4.87. The van der Waals surface area contributed by atoms with Crippen LogP contribution in [0.1, 0.15) is 5.82 Å². The van der Waals surface area contributed by atoms with Crippen LogP contribution in [0.25, 0.3) is 100 Å². The molecule has 8 aromatic carbocycles. The van der Waals surface area contributed by atoms with Gasteiger partial charge in [-0.05, 0) is 84.3 Å². The van der Waals surface area contributed by atoms with E-state index in [0.717, 1.165) is 28.0 Å². The molecule has 11 rings (SSSR count). The highest BCUT2D eigenvalue weighted by Crippen LogP contribution is 2.41. The smallest absolute Gasteiger partial charge is 0.163 e. The fourth-order valence-electron chi connectivity index (χ4n) is 8.48. The van der Waals surface area contributed by atoms with E-state index in [1.807, 2.05) is 37.3 Å². The first-order valence-corrected chi connectivity index (χ1v) is 19.3. The Labute approximate surface area is 329 Å². The Kier molecular flexibility index (Phi) is 7.64. The lowest BCUT2D eigenvalue weighted by Gasteiger charge is -2.13. The number of nitrogens with zero attached hydrogens (tertiary/aromatic N) is 5. The van der Waals surface area contributed by atoms with Gasteiger partial charge < -0.3 is 9.13 Å². The van der Waals surface area contributed by atoms with Crippen molar-refractivity contribution < 1.29 is 0 Å². The average Bonchev–Trinajstić information content (AvgIpc) is 3.80. The van der Waals surface area contributed by atoms with E-state index < -0.39 is 0 Å². The van der Waals surface area contributed by atoms with Gasteiger partial charge in [-0.2, -0.15) is 0 Å². The maximum Gasteiger partial charge on any atom is 0.163 e. The number of hydrogen-bond donors (Lipinski definition) is 0. The highest BCUT2D eigenvalue weighted by atomic mass is 15.0. The van der Waals surface area contributed by atoms with Crippen LogP contribution in [-0.4, -0.2) is 24.1 Å². The molecule has 0 saturated heterocycles. The lowest BCUT2D eigenvalue weighted by Crippen LogP contribution is -2.00. The van der Waals surface area contributed by atoms with Crippen LogP contribution in [0.5, 0.6) is 0 Å². The van der Waals surface area contributed by atoms with Crippen molar-refractivity contribution in [1.82, 2.24) is 24.1 Å². The van der Waals surface area contributed by atoms with Crippen LogP contribution in [0.2, 0.25) is 0 Å². The van der Waals surface area contributed by atoms with Crippen molar-refractivity contribution >= 4 is 43.6 Å². The maximum absolute atomic E-state index is 4.87. The Morgan fingerprint density at radius 3 is 1.61 bits per heavy atom. The highest BCUT2D eigenvalue weighted by Gasteiger charge is 2.19. The molecule has 0 fully saturated rings. The second-order valence-electron chi connectivity index (χ2n) is 14.5. The molecule has 11 aromatic rings. The zero-order valence-electron chi connectivity index (χ0n) is 31.2. The molecule has 0 amide bonds. The predicted octanol–water partition coefficient (Wildman–Crippen LogP) is 13.0. The number of rotatable bonds is 6. The van der Waals surface area contributed by atoms with Crippen LogP contribution in [0, 0.1) is 6.92 Å². The van der Waals surface area contributed by atoms with Crippen LogP contribution in [0.4, 0.5) is 0 Å². The number of fused-ring (bicyclic) bond motifs is 6. The summed E-state index contributed by atoms with van der Waals surface area (Å²) >= 11 is 0. The molecule has 0 spiro atoms. The third-order valence-corrected chi connectivity index (χ3v) is 11.1. The molecule has 57 heavy (non-hydrogen) atoms. The molecule has 0 aliphatic rings. The summed E-state index contributed by atoms with van der Waals surface area (Å²) in [5.74, 6) is 2.03. The standard InChI is InChI=1S/C52H35N5/c1-34-53-51(36-16-6-3-7-17-36)55-52(54-34)37-26-29-40(30-27-37)57-48-25-11-8-20-43(48)45-23-13-22-42(50(45)57)39-28-31-49-46(33-39)44-21-9-10-24-47(44)56(49)41-19-12-18-38(32-41)35-14-4-2-5-15-35/h2-33H,1H3. The minimum Gasteiger partial charge on any atom is -0.309 e.